The van der Waals surface area contributed by atoms with Gasteiger partial charge in [0.25, 0.3) is 0 Å². The van der Waals surface area contributed by atoms with Crippen molar-refractivity contribution in [1.29, 1.82) is 0 Å². The molecule has 1 unspecified atom stereocenters. The van der Waals surface area contributed by atoms with Crippen molar-refractivity contribution < 1.29 is 8.78 Å². The molecule has 1 aliphatic rings. The molecule has 1 atom stereocenters. The maximum Gasteiger partial charge on any atom is 0.128 e. The molecule has 0 saturated heterocycles. The van der Waals surface area contributed by atoms with Gasteiger partial charge in [-0.2, -0.15) is 0 Å². The summed E-state index contributed by atoms with van der Waals surface area (Å²) in [5.41, 5.74) is 6.79. The number of aryl methyl sites for hydroxylation is 1. The normalized spacial score (nSPS) is 26.1. The molecule has 0 aliphatic heterocycles. The number of nitrogens with two attached hydrogens (primary N) is 1. The van der Waals surface area contributed by atoms with Gasteiger partial charge in [0, 0.05) is 11.6 Å². The van der Waals surface area contributed by atoms with E-state index in [0.717, 1.165) is 31.6 Å². The van der Waals surface area contributed by atoms with Crippen molar-refractivity contribution in [1.82, 2.24) is 0 Å². The van der Waals surface area contributed by atoms with Crippen LogP contribution in [-0.2, 0) is 0 Å². The molecule has 2 N–H and O–H groups in total. The molecule has 0 spiro atoms. The molecule has 1 aromatic rings. The smallest absolute Gasteiger partial charge is 0.128 e. The van der Waals surface area contributed by atoms with Gasteiger partial charge in [-0.25, -0.2) is 8.78 Å². The summed E-state index contributed by atoms with van der Waals surface area (Å²) < 4.78 is 27.4. The first-order valence-electron chi connectivity index (χ1n) is 6.70. The third-order valence-corrected chi connectivity index (χ3v) is 4.21. The van der Waals surface area contributed by atoms with Crippen LogP contribution in [0.25, 0.3) is 0 Å². The molecule has 1 saturated carbocycles. The van der Waals surface area contributed by atoms with Crippen LogP contribution in [0.15, 0.2) is 12.1 Å². The summed E-state index contributed by atoms with van der Waals surface area (Å²) in [7, 11) is 0. The zero-order chi connectivity index (χ0) is 13.3. The molecule has 1 nitrogen and oxygen atoms in total. The molecule has 1 fully saturated rings. The lowest BCUT2D eigenvalue weighted by Gasteiger charge is -2.31. The van der Waals surface area contributed by atoms with E-state index in [-0.39, 0.29) is 23.6 Å². The Kier molecular flexibility index (Phi) is 4.00. The number of rotatable bonds is 2. The van der Waals surface area contributed by atoms with Gasteiger partial charge in [0.05, 0.1) is 0 Å². The van der Waals surface area contributed by atoms with Gasteiger partial charge >= 0.3 is 0 Å². The van der Waals surface area contributed by atoms with E-state index < -0.39 is 0 Å². The van der Waals surface area contributed by atoms with E-state index in [9.17, 15) is 8.78 Å². The van der Waals surface area contributed by atoms with Gasteiger partial charge in [0.1, 0.15) is 11.6 Å². The van der Waals surface area contributed by atoms with Gasteiger partial charge in [-0.15, -0.1) is 0 Å². The average Bonchev–Trinajstić information content (AvgIpc) is 2.34. The highest BCUT2D eigenvalue weighted by molar-refractivity contribution is 5.28. The van der Waals surface area contributed by atoms with Crippen LogP contribution in [0.1, 0.15) is 49.8 Å². The molecule has 3 heteroatoms. The monoisotopic (exact) mass is 253 g/mol. The molecule has 0 bridgehead atoms. The molecule has 0 amide bonds. The minimum atomic E-state index is -0.382. The van der Waals surface area contributed by atoms with Gasteiger partial charge in [-0.3, -0.25) is 0 Å². The molecule has 2 rings (SSSR count). The minimum Gasteiger partial charge on any atom is -0.324 e. The van der Waals surface area contributed by atoms with Crippen molar-refractivity contribution in [2.24, 2.45) is 17.6 Å². The molecule has 1 aliphatic carbocycles. The fourth-order valence-corrected chi connectivity index (χ4v) is 2.82. The van der Waals surface area contributed by atoms with Crippen LogP contribution in [0.5, 0.6) is 0 Å². The summed E-state index contributed by atoms with van der Waals surface area (Å²) in [6.45, 7) is 3.80. The summed E-state index contributed by atoms with van der Waals surface area (Å²) in [6, 6.07) is 2.14. The van der Waals surface area contributed by atoms with Crippen molar-refractivity contribution >= 4 is 0 Å². The van der Waals surface area contributed by atoms with Crippen LogP contribution in [-0.4, -0.2) is 0 Å². The van der Waals surface area contributed by atoms with E-state index in [4.69, 9.17) is 5.73 Å². The second-order valence-corrected chi connectivity index (χ2v) is 5.67. The Hall–Kier alpha value is -0.960. The topological polar surface area (TPSA) is 26.0 Å². The quantitative estimate of drug-likeness (QED) is 0.843. The summed E-state index contributed by atoms with van der Waals surface area (Å²) in [4.78, 5) is 0. The first-order valence-corrected chi connectivity index (χ1v) is 6.70. The van der Waals surface area contributed by atoms with Crippen LogP contribution in [0.2, 0.25) is 0 Å². The van der Waals surface area contributed by atoms with E-state index in [1.807, 2.05) is 0 Å². The standard InChI is InChI=1S/C15H21F2N/c1-9-3-5-11(6-4-9)15(18)12-8-13(16)10(2)7-14(12)17/h7-9,11,15H,3-6,18H2,1-2H3. The van der Waals surface area contributed by atoms with E-state index in [0.29, 0.717) is 11.1 Å². The third kappa shape index (κ3) is 2.72. The Morgan fingerprint density at radius 2 is 1.72 bits per heavy atom. The van der Waals surface area contributed by atoms with Gasteiger partial charge in [-0.1, -0.05) is 19.8 Å². The second kappa shape index (κ2) is 5.35. The maximum absolute atomic E-state index is 13.9. The lowest BCUT2D eigenvalue weighted by Crippen LogP contribution is -2.26. The van der Waals surface area contributed by atoms with Crippen LogP contribution < -0.4 is 5.73 Å². The van der Waals surface area contributed by atoms with Crippen molar-refractivity contribution in [3.63, 3.8) is 0 Å². The predicted octanol–water partition coefficient (Wildman–Crippen LogP) is 4.10. The molecular weight excluding hydrogens is 232 g/mol. The number of benzene rings is 1. The second-order valence-electron chi connectivity index (χ2n) is 5.67. The van der Waals surface area contributed by atoms with E-state index in [1.165, 1.54) is 12.1 Å². The van der Waals surface area contributed by atoms with E-state index in [1.54, 1.807) is 6.92 Å². The summed E-state index contributed by atoms with van der Waals surface area (Å²) in [5.74, 6) is 0.261. The fourth-order valence-electron chi connectivity index (χ4n) is 2.82. The van der Waals surface area contributed by atoms with Crippen molar-refractivity contribution in [3.05, 3.63) is 34.9 Å². The Labute approximate surface area is 107 Å². The summed E-state index contributed by atoms with van der Waals surface area (Å²) in [5, 5.41) is 0. The number of halogens is 2. The summed E-state index contributed by atoms with van der Waals surface area (Å²) in [6.07, 6.45) is 4.29. The molecule has 1 aromatic carbocycles. The zero-order valence-corrected chi connectivity index (χ0v) is 11.0. The van der Waals surface area contributed by atoms with Crippen LogP contribution in [0.3, 0.4) is 0 Å². The van der Waals surface area contributed by atoms with Crippen LogP contribution in [0, 0.1) is 30.4 Å². The lowest BCUT2D eigenvalue weighted by atomic mass is 9.77. The predicted molar refractivity (Wildman–Crippen MR) is 69.1 cm³/mol. The van der Waals surface area contributed by atoms with Crippen LogP contribution in [0.4, 0.5) is 8.78 Å². The molecule has 0 radical (unpaired) electrons. The first kappa shape index (κ1) is 13.5. The Bertz CT molecular complexity index is 423. The van der Waals surface area contributed by atoms with E-state index in [2.05, 4.69) is 6.92 Å². The van der Waals surface area contributed by atoms with Gasteiger partial charge in [-0.05, 0) is 49.3 Å². The SMILES string of the molecule is Cc1cc(F)c(C(N)C2CCC(C)CC2)cc1F. The minimum absolute atomic E-state index is 0.276. The first-order chi connectivity index (χ1) is 8.49. The Balaban J connectivity index is 2.18. The van der Waals surface area contributed by atoms with Gasteiger partial charge < -0.3 is 5.73 Å². The molecule has 18 heavy (non-hydrogen) atoms. The van der Waals surface area contributed by atoms with E-state index >= 15 is 0 Å². The lowest BCUT2D eigenvalue weighted by molar-refractivity contribution is 0.253. The zero-order valence-electron chi connectivity index (χ0n) is 11.0. The fraction of sp³-hybridized carbons (Fsp3) is 0.600. The van der Waals surface area contributed by atoms with Crippen molar-refractivity contribution in [3.8, 4) is 0 Å². The number of hydrogen-bond acceptors (Lipinski definition) is 1. The Morgan fingerprint density at radius 1 is 1.11 bits per heavy atom. The maximum atomic E-state index is 13.9. The highest BCUT2D eigenvalue weighted by Crippen LogP contribution is 2.36. The Morgan fingerprint density at radius 3 is 2.33 bits per heavy atom. The molecule has 0 heterocycles. The highest BCUT2D eigenvalue weighted by atomic mass is 19.1. The van der Waals surface area contributed by atoms with Gasteiger partial charge in [0.15, 0.2) is 0 Å². The number of hydrogen-bond donors (Lipinski definition) is 1. The van der Waals surface area contributed by atoms with Crippen molar-refractivity contribution in [2.45, 2.75) is 45.6 Å². The molecule has 100 valence electrons. The molecule has 0 aromatic heterocycles. The highest BCUT2D eigenvalue weighted by Gasteiger charge is 2.26. The largest absolute Gasteiger partial charge is 0.324 e. The average molecular weight is 253 g/mol. The van der Waals surface area contributed by atoms with Gasteiger partial charge in [0.2, 0.25) is 0 Å². The molecular formula is C15H21F2N. The van der Waals surface area contributed by atoms with Crippen molar-refractivity contribution in [2.75, 3.05) is 0 Å². The third-order valence-electron chi connectivity index (χ3n) is 4.21. The van der Waals surface area contributed by atoms with Crippen LogP contribution >= 0.6 is 0 Å². The summed E-state index contributed by atoms with van der Waals surface area (Å²) >= 11 is 0.